The van der Waals surface area contributed by atoms with Gasteiger partial charge in [0.1, 0.15) is 13.3 Å². The Morgan fingerprint density at radius 3 is 2.52 bits per heavy atom. The van der Waals surface area contributed by atoms with Gasteiger partial charge < -0.3 is 14.8 Å². The zero-order chi connectivity index (χ0) is 17.5. The molecule has 4 nitrogen and oxygen atoms in total. The normalized spacial score (nSPS) is 16.4. The summed E-state index contributed by atoms with van der Waals surface area (Å²) in [5.41, 5.74) is 2.01. The van der Waals surface area contributed by atoms with E-state index in [0.717, 1.165) is 37.3 Å². The summed E-state index contributed by atoms with van der Waals surface area (Å²) < 4.78 is 25.1. The predicted octanol–water partition coefficient (Wildman–Crippen LogP) is 3.19. The minimum atomic E-state index is -0.412. The lowest BCUT2D eigenvalue weighted by atomic mass is 10.0. The second-order valence-corrected chi connectivity index (χ2v) is 6.14. The number of hydrogen-bond donors (Lipinski definition) is 1. The van der Waals surface area contributed by atoms with E-state index in [1.54, 1.807) is 7.11 Å². The summed E-state index contributed by atoms with van der Waals surface area (Å²) in [5.74, 6) is 1.31. The van der Waals surface area contributed by atoms with Crippen molar-refractivity contribution in [2.24, 2.45) is 0 Å². The van der Waals surface area contributed by atoms with Gasteiger partial charge in [0, 0.05) is 26.2 Å². The maximum absolute atomic E-state index is 13.8. The summed E-state index contributed by atoms with van der Waals surface area (Å²) in [6, 6.07) is 15.4. The molecule has 1 aliphatic heterocycles. The van der Waals surface area contributed by atoms with Gasteiger partial charge in [-0.1, -0.05) is 36.4 Å². The maximum atomic E-state index is 13.8. The Kier molecular flexibility index (Phi) is 6.25. The zero-order valence-electron chi connectivity index (χ0n) is 14.6. The van der Waals surface area contributed by atoms with Gasteiger partial charge in [-0.15, -0.1) is 0 Å². The molecular weight excluding hydrogens is 319 g/mol. The molecule has 2 aromatic rings. The van der Waals surface area contributed by atoms with Gasteiger partial charge in [0.05, 0.1) is 13.2 Å². The van der Waals surface area contributed by atoms with Crippen molar-refractivity contribution in [3.8, 4) is 11.5 Å². The first-order valence-electron chi connectivity index (χ1n) is 8.67. The number of halogens is 1. The molecule has 3 rings (SSSR count). The average Bonchev–Trinajstić information content (AvgIpc) is 2.69. The van der Waals surface area contributed by atoms with E-state index in [-0.39, 0.29) is 6.04 Å². The van der Waals surface area contributed by atoms with Crippen LogP contribution in [0, 0.1) is 0 Å². The Labute approximate surface area is 148 Å². The number of hydrogen-bond acceptors (Lipinski definition) is 4. The van der Waals surface area contributed by atoms with Crippen LogP contribution < -0.4 is 14.8 Å². The fraction of sp³-hybridized carbons (Fsp3) is 0.400. The lowest BCUT2D eigenvalue weighted by molar-refractivity contribution is 0.147. The van der Waals surface area contributed by atoms with Crippen molar-refractivity contribution in [2.45, 2.75) is 12.6 Å². The second kappa shape index (κ2) is 8.83. The quantitative estimate of drug-likeness (QED) is 0.836. The molecule has 5 heteroatoms. The molecule has 1 aliphatic rings. The number of benzene rings is 2. The number of ether oxygens (including phenoxy) is 2. The number of nitrogens with one attached hydrogen (secondary N) is 1. The summed E-state index contributed by atoms with van der Waals surface area (Å²) in [6.45, 7) is 3.52. The molecule has 0 aromatic heterocycles. The van der Waals surface area contributed by atoms with Crippen LogP contribution in [-0.4, -0.2) is 44.9 Å². The third kappa shape index (κ3) is 4.50. The van der Waals surface area contributed by atoms with Crippen LogP contribution >= 0.6 is 0 Å². The molecular formula is C20H25FN2O2. The largest absolute Gasteiger partial charge is 0.493 e. The van der Waals surface area contributed by atoms with Gasteiger partial charge in [-0.2, -0.15) is 0 Å². The lowest BCUT2D eigenvalue weighted by Gasteiger charge is -2.33. The highest BCUT2D eigenvalue weighted by Crippen LogP contribution is 2.33. The van der Waals surface area contributed by atoms with Crippen LogP contribution in [0.4, 0.5) is 4.39 Å². The standard InChI is InChI=1S/C20H25FN2O2/c1-24-19-8-7-17(18(14-21)23-11-9-22-10-12-23)13-20(19)25-15-16-5-3-2-4-6-16/h2-8,13,18,22H,9-12,14-15H2,1H3/t18-/m1/s1. The average molecular weight is 344 g/mol. The fourth-order valence-electron chi connectivity index (χ4n) is 3.14. The second-order valence-electron chi connectivity index (χ2n) is 6.14. The molecule has 25 heavy (non-hydrogen) atoms. The van der Waals surface area contributed by atoms with Gasteiger partial charge in [0.2, 0.25) is 0 Å². The third-order valence-electron chi connectivity index (χ3n) is 4.55. The van der Waals surface area contributed by atoms with Gasteiger partial charge >= 0.3 is 0 Å². The molecule has 0 radical (unpaired) electrons. The summed E-state index contributed by atoms with van der Waals surface area (Å²) in [7, 11) is 1.62. The minimum Gasteiger partial charge on any atom is -0.493 e. The Hall–Kier alpha value is -2.11. The van der Waals surface area contributed by atoms with Crippen molar-refractivity contribution in [1.82, 2.24) is 10.2 Å². The van der Waals surface area contributed by atoms with Gasteiger partial charge in [0.25, 0.3) is 0 Å². The van der Waals surface area contributed by atoms with Crippen molar-refractivity contribution in [2.75, 3.05) is 40.0 Å². The van der Waals surface area contributed by atoms with Crippen LogP contribution in [0.25, 0.3) is 0 Å². The lowest BCUT2D eigenvalue weighted by Crippen LogP contribution is -2.45. The first-order chi connectivity index (χ1) is 12.3. The summed E-state index contributed by atoms with van der Waals surface area (Å²) in [4.78, 5) is 2.18. The van der Waals surface area contributed by atoms with E-state index in [0.29, 0.717) is 18.1 Å². The molecule has 0 unspecified atom stereocenters. The Balaban J connectivity index is 1.78. The smallest absolute Gasteiger partial charge is 0.161 e. The molecule has 134 valence electrons. The SMILES string of the molecule is COc1ccc([C@@H](CF)N2CCNCC2)cc1OCc1ccccc1. The summed E-state index contributed by atoms with van der Waals surface area (Å²) >= 11 is 0. The van der Waals surface area contributed by atoms with Crippen molar-refractivity contribution in [1.29, 1.82) is 0 Å². The maximum Gasteiger partial charge on any atom is 0.161 e. The van der Waals surface area contributed by atoms with Crippen molar-refractivity contribution >= 4 is 0 Å². The number of rotatable bonds is 7. The van der Waals surface area contributed by atoms with Crippen molar-refractivity contribution < 1.29 is 13.9 Å². The van der Waals surface area contributed by atoms with Gasteiger partial charge in [-0.25, -0.2) is 4.39 Å². The molecule has 1 N–H and O–H groups in total. The predicted molar refractivity (Wildman–Crippen MR) is 96.9 cm³/mol. The highest BCUT2D eigenvalue weighted by atomic mass is 19.1. The highest BCUT2D eigenvalue weighted by Gasteiger charge is 2.23. The van der Waals surface area contributed by atoms with Gasteiger partial charge in [-0.3, -0.25) is 4.90 Å². The van der Waals surface area contributed by atoms with E-state index in [2.05, 4.69) is 10.2 Å². The van der Waals surface area contributed by atoms with Gasteiger partial charge in [0.15, 0.2) is 11.5 Å². The molecule has 2 aromatic carbocycles. The van der Waals surface area contributed by atoms with E-state index in [1.807, 2.05) is 48.5 Å². The zero-order valence-corrected chi connectivity index (χ0v) is 14.6. The fourth-order valence-corrected chi connectivity index (χ4v) is 3.14. The Morgan fingerprint density at radius 2 is 1.84 bits per heavy atom. The number of methoxy groups -OCH3 is 1. The first kappa shape index (κ1) is 17.7. The molecule has 0 spiro atoms. The van der Waals surface area contributed by atoms with E-state index < -0.39 is 6.67 Å². The van der Waals surface area contributed by atoms with E-state index in [1.165, 1.54) is 0 Å². The van der Waals surface area contributed by atoms with Crippen LogP contribution in [-0.2, 0) is 6.61 Å². The van der Waals surface area contributed by atoms with Crippen molar-refractivity contribution in [3.63, 3.8) is 0 Å². The number of alkyl halides is 1. The van der Waals surface area contributed by atoms with E-state index >= 15 is 0 Å². The van der Waals surface area contributed by atoms with Gasteiger partial charge in [-0.05, 0) is 23.3 Å². The van der Waals surface area contributed by atoms with Crippen molar-refractivity contribution in [3.05, 3.63) is 59.7 Å². The van der Waals surface area contributed by atoms with Crippen LogP contribution in [0.5, 0.6) is 11.5 Å². The minimum absolute atomic E-state index is 0.243. The van der Waals surface area contributed by atoms with Crippen LogP contribution in [0.3, 0.4) is 0 Å². The first-order valence-corrected chi connectivity index (χ1v) is 8.67. The summed E-state index contributed by atoms with van der Waals surface area (Å²) in [6.07, 6.45) is 0. The summed E-state index contributed by atoms with van der Waals surface area (Å²) in [5, 5.41) is 3.30. The molecule has 0 aliphatic carbocycles. The monoisotopic (exact) mass is 344 g/mol. The molecule has 0 saturated carbocycles. The molecule has 0 amide bonds. The molecule has 1 saturated heterocycles. The Bertz CT molecular complexity index is 660. The Morgan fingerprint density at radius 1 is 1.08 bits per heavy atom. The topological polar surface area (TPSA) is 33.7 Å². The van der Waals surface area contributed by atoms with E-state index in [9.17, 15) is 4.39 Å². The van der Waals surface area contributed by atoms with Crippen LogP contribution in [0.15, 0.2) is 48.5 Å². The molecule has 0 bridgehead atoms. The van der Waals surface area contributed by atoms with Crippen LogP contribution in [0.1, 0.15) is 17.2 Å². The van der Waals surface area contributed by atoms with E-state index in [4.69, 9.17) is 9.47 Å². The highest BCUT2D eigenvalue weighted by molar-refractivity contribution is 5.44. The van der Waals surface area contributed by atoms with Crippen LogP contribution in [0.2, 0.25) is 0 Å². The molecule has 1 heterocycles. The molecule has 1 atom stereocenters. The molecule has 1 fully saturated rings. The number of piperazine rings is 1. The third-order valence-corrected chi connectivity index (χ3v) is 4.55. The number of nitrogens with zero attached hydrogens (tertiary/aromatic N) is 1.